The van der Waals surface area contributed by atoms with Crippen LogP contribution in [0.25, 0.3) is 0 Å². The summed E-state index contributed by atoms with van der Waals surface area (Å²) in [5, 5.41) is 0. The standard InChI is InChI=1S/C13H20ClNO4S2/c1-3-10-20(16,17)15-11(2)4-5-12-6-8-13(9-7-12)21(14,18)19/h6-9,11,15H,3-5,10H2,1-2H3. The highest BCUT2D eigenvalue weighted by atomic mass is 35.7. The second kappa shape index (κ2) is 7.58. The number of hydrogen-bond donors (Lipinski definition) is 1. The van der Waals surface area contributed by atoms with E-state index in [-0.39, 0.29) is 16.7 Å². The SMILES string of the molecule is CCCS(=O)(=O)NC(C)CCc1ccc(S(=O)(=O)Cl)cc1. The molecule has 0 aliphatic rings. The zero-order valence-corrected chi connectivity index (χ0v) is 14.4. The fourth-order valence-electron chi connectivity index (χ4n) is 1.89. The van der Waals surface area contributed by atoms with Crippen LogP contribution >= 0.6 is 10.7 Å². The van der Waals surface area contributed by atoms with Gasteiger partial charge in [0.15, 0.2) is 0 Å². The predicted molar refractivity (Wildman–Crippen MR) is 84.5 cm³/mol. The highest BCUT2D eigenvalue weighted by Gasteiger charge is 2.13. The Morgan fingerprint density at radius 3 is 2.19 bits per heavy atom. The average molecular weight is 354 g/mol. The average Bonchev–Trinajstić information content (AvgIpc) is 2.35. The zero-order chi connectivity index (χ0) is 16.1. The molecule has 0 aromatic heterocycles. The highest BCUT2D eigenvalue weighted by molar-refractivity contribution is 8.13. The molecule has 0 aliphatic carbocycles. The van der Waals surface area contributed by atoms with Crippen molar-refractivity contribution in [2.45, 2.75) is 44.0 Å². The molecule has 1 aromatic rings. The molecule has 1 aromatic carbocycles. The van der Waals surface area contributed by atoms with Crippen molar-refractivity contribution in [3.05, 3.63) is 29.8 Å². The second-order valence-corrected chi connectivity index (χ2v) is 9.40. The Hall–Kier alpha value is -0.630. The van der Waals surface area contributed by atoms with E-state index in [1.807, 2.05) is 13.8 Å². The van der Waals surface area contributed by atoms with Crippen LogP contribution in [0.1, 0.15) is 32.3 Å². The highest BCUT2D eigenvalue weighted by Crippen LogP contribution is 2.16. The minimum Gasteiger partial charge on any atom is -0.212 e. The molecule has 0 bridgehead atoms. The van der Waals surface area contributed by atoms with Crippen LogP contribution in [0.5, 0.6) is 0 Å². The molecule has 0 heterocycles. The van der Waals surface area contributed by atoms with Crippen molar-refractivity contribution in [1.82, 2.24) is 4.72 Å². The molecule has 0 radical (unpaired) electrons. The molecule has 1 unspecified atom stereocenters. The summed E-state index contributed by atoms with van der Waals surface area (Å²) < 4.78 is 48.1. The summed E-state index contributed by atoms with van der Waals surface area (Å²) in [7, 11) is -1.67. The Morgan fingerprint density at radius 2 is 1.71 bits per heavy atom. The largest absolute Gasteiger partial charge is 0.261 e. The van der Waals surface area contributed by atoms with Gasteiger partial charge in [0, 0.05) is 16.7 Å². The maximum Gasteiger partial charge on any atom is 0.261 e. The fourth-order valence-corrected chi connectivity index (χ4v) is 4.05. The molecular weight excluding hydrogens is 334 g/mol. The molecule has 8 heteroatoms. The van der Waals surface area contributed by atoms with Crippen LogP contribution in [-0.2, 0) is 25.5 Å². The normalized spacial score (nSPS) is 14.0. The molecule has 1 N–H and O–H groups in total. The quantitative estimate of drug-likeness (QED) is 0.727. The first-order valence-electron chi connectivity index (χ1n) is 6.67. The number of rotatable bonds is 8. The van der Waals surface area contributed by atoms with E-state index in [1.54, 1.807) is 12.1 Å². The van der Waals surface area contributed by atoms with Gasteiger partial charge in [-0.15, -0.1) is 0 Å². The third-order valence-corrected chi connectivity index (χ3v) is 6.00. The number of benzene rings is 1. The minimum atomic E-state index is -3.70. The van der Waals surface area contributed by atoms with Gasteiger partial charge < -0.3 is 0 Å². The molecule has 0 amide bonds. The van der Waals surface area contributed by atoms with Crippen molar-refractivity contribution in [2.75, 3.05) is 5.75 Å². The maximum absolute atomic E-state index is 11.6. The molecule has 5 nitrogen and oxygen atoms in total. The van der Waals surface area contributed by atoms with Gasteiger partial charge in [0.2, 0.25) is 10.0 Å². The van der Waals surface area contributed by atoms with Gasteiger partial charge in [-0.05, 0) is 43.9 Å². The zero-order valence-electron chi connectivity index (χ0n) is 12.0. The lowest BCUT2D eigenvalue weighted by Crippen LogP contribution is -2.34. The Kier molecular flexibility index (Phi) is 6.65. The second-order valence-electron chi connectivity index (χ2n) is 4.96. The first-order chi connectivity index (χ1) is 9.64. The van der Waals surface area contributed by atoms with Crippen LogP contribution in [0.4, 0.5) is 0 Å². The van der Waals surface area contributed by atoms with Gasteiger partial charge in [-0.2, -0.15) is 0 Å². The Bertz CT molecular complexity index is 654. The smallest absolute Gasteiger partial charge is 0.212 e. The van der Waals surface area contributed by atoms with Crippen molar-refractivity contribution in [1.29, 1.82) is 0 Å². The summed E-state index contributed by atoms with van der Waals surface area (Å²) in [5.74, 6) is 0.125. The van der Waals surface area contributed by atoms with E-state index in [2.05, 4.69) is 4.72 Å². The molecule has 120 valence electrons. The summed E-state index contributed by atoms with van der Waals surface area (Å²) in [5.41, 5.74) is 0.931. The van der Waals surface area contributed by atoms with Crippen LogP contribution in [0.2, 0.25) is 0 Å². The third-order valence-electron chi connectivity index (χ3n) is 2.92. The van der Waals surface area contributed by atoms with Gasteiger partial charge in [-0.1, -0.05) is 19.1 Å². The first-order valence-corrected chi connectivity index (χ1v) is 10.6. The number of halogens is 1. The lowest BCUT2D eigenvalue weighted by Gasteiger charge is -2.13. The van der Waals surface area contributed by atoms with E-state index in [4.69, 9.17) is 10.7 Å². The van der Waals surface area contributed by atoms with E-state index in [1.165, 1.54) is 12.1 Å². The van der Waals surface area contributed by atoms with Crippen molar-refractivity contribution < 1.29 is 16.8 Å². The molecule has 0 aliphatic heterocycles. The summed E-state index contributed by atoms with van der Waals surface area (Å²) in [6.45, 7) is 3.63. The lowest BCUT2D eigenvalue weighted by molar-refractivity contribution is 0.546. The van der Waals surface area contributed by atoms with Gasteiger partial charge in [0.25, 0.3) is 9.05 Å². The summed E-state index contributed by atoms with van der Waals surface area (Å²) >= 11 is 0. The molecule has 0 fully saturated rings. The van der Waals surface area contributed by atoms with Crippen LogP contribution in [-0.4, -0.2) is 28.6 Å². The number of hydrogen-bond acceptors (Lipinski definition) is 4. The monoisotopic (exact) mass is 353 g/mol. The van der Waals surface area contributed by atoms with Gasteiger partial charge in [0.05, 0.1) is 10.6 Å². The van der Waals surface area contributed by atoms with Gasteiger partial charge >= 0.3 is 0 Å². The molecule has 1 rings (SSSR count). The minimum absolute atomic E-state index is 0.0598. The molecule has 1 atom stereocenters. The third kappa shape index (κ3) is 6.78. The molecule has 21 heavy (non-hydrogen) atoms. The Balaban J connectivity index is 2.56. The Labute approximate surface area is 131 Å². The topological polar surface area (TPSA) is 80.3 Å². The number of sulfonamides is 1. The molecule has 0 spiro atoms. The van der Waals surface area contributed by atoms with Gasteiger partial charge in [-0.3, -0.25) is 0 Å². The van der Waals surface area contributed by atoms with Crippen molar-refractivity contribution >= 4 is 29.8 Å². The molecule has 0 saturated carbocycles. The van der Waals surface area contributed by atoms with Crippen molar-refractivity contribution in [2.24, 2.45) is 0 Å². The van der Waals surface area contributed by atoms with Gasteiger partial charge in [0.1, 0.15) is 0 Å². The van der Waals surface area contributed by atoms with E-state index in [9.17, 15) is 16.8 Å². The fraction of sp³-hybridized carbons (Fsp3) is 0.538. The van der Waals surface area contributed by atoms with Crippen LogP contribution < -0.4 is 4.72 Å². The van der Waals surface area contributed by atoms with Crippen LogP contribution in [0.15, 0.2) is 29.2 Å². The van der Waals surface area contributed by atoms with E-state index >= 15 is 0 Å². The maximum atomic E-state index is 11.6. The van der Waals surface area contributed by atoms with E-state index in [0.717, 1.165) is 5.56 Å². The van der Waals surface area contributed by atoms with Crippen LogP contribution in [0.3, 0.4) is 0 Å². The summed E-state index contributed by atoms with van der Waals surface area (Å²) in [4.78, 5) is 0.0598. The summed E-state index contributed by atoms with van der Waals surface area (Å²) in [6.07, 6.45) is 1.87. The number of nitrogens with one attached hydrogen (secondary N) is 1. The number of aryl methyl sites for hydroxylation is 1. The molecule has 0 saturated heterocycles. The Morgan fingerprint density at radius 1 is 1.14 bits per heavy atom. The van der Waals surface area contributed by atoms with Gasteiger partial charge in [-0.25, -0.2) is 21.6 Å². The van der Waals surface area contributed by atoms with E-state index < -0.39 is 19.1 Å². The van der Waals surface area contributed by atoms with Crippen molar-refractivity contribution in [3.8, 4) is 0 Å². The van der Waals surface area contributed by atoms with Crippen molar-refractivity contribution in [3.63, 3.8) is 0 Å². The van der Waals surface area contributed by atoms with Crippen LogP contribution in [0, 0.1) is 0 Å². The predicted octanol–water partition coefficient (Wildman–Crippen LogP) is 2.26. The summed E-state index contributed by atoms with van der Waals surface area (Å²) in [6, 6.07) is 6.09. The first kappa shape index (κ1) is 18.4. The van der Waals surface area contributed by atoms with E-state index in [0.29, 0.717) is 19.3 Å². The lowest BCUT2D eigenvalue weighted by atomic mass is 10.1. The molecular formula is C13H20ClNO4S2.